The molecule has 0 aliphatic rings. The van der Waals surface area contributed by atoms with Crippen molar-refractivity contribution in [3.63, 3.8) is 0 Å². The average Bonchev–Trinajstić information content (AvgIpc) is 2.37. The van der Waals surface area contributed by atoms with Crippen LogP contribution in [0, 0.1) is 0 Å². The molecule has 0 aromatic rings. The van der Waals surface area contributed by atoms with E-state index in [4.69, 9.17) is 16.7 Å². The number of nitrogens with two attached hydrogens (primary N) is 1. The minimum atomic E-state index is -3.25. The molecular weight excluding hydrogens is 306 g/mol. The van der Waals surface area contributed by atoms with E-state index in [2.05, 4.69) is 6.92 Å². The van der Waals surface area contributed by atoms with Crippen LogP contribution >= 0.6 is 11.6 Å². The molecule has 0 heterocycles. The minimum absolute atomic E-state index is 0.134. The van der Waals surface area contributed by atoms with Crippen molar-refractivity contribution in [2.24, 2.45) is 5.14 Å². The predicted octanol–water partition coefficient (Wildman–Crippen LogP) is 4.97. The second kappa shape index (κ2) is 13.8. The third kappa shape index (κ3) is 20.2. The van der Waals surface area contributed by atoms with Gasteiger partial charge >= 0.3 is 0 Å². The lowest BCUT2D eigenvalue weighted by Gasteiger charge is -2.04. The van der Waals surface area contributed by atoms with Crippen LogP contribution < -0.4 is 5.14 Å². The van der Waals surface area contributed by atoms with Crippen molar-refractivity contribution in [1.82, 2.24) is 0 Å². The highest BCUT2D eigenvalue weighted by atomic mass is 35.5. The van der Waals surface area contributed by atoms with Crippen LogP contribution in [0.15, 0.2) is 0 Å². The highest BCUT2D eigenvalue weighted by Crippen LogP contribution is 2.14. The zero-order valence-corrected chi connectivity index (χ0v) is 15.2. The summed E-state index contributed by atoms with van der Waals surface area (Å²) in [4.78, 5) is 0. The summed E-state index contributed by atoms with van der Waals surface area (Å²) in [6, 6.07) is 0. The highest BCUT2D eigenvalue weighted by Gasteiger charge is 2.01. The topological polar surface area (TPSA) is 60.2 Å². The molecule has 0 spiro atoms. The molecule has 21 heavy (non-hydrogen) atoms. The molecule has 0 aromatic carbocycles. The Bertz CT molecular complexity index is 318. The SMILES string of the molecule is CC(Cl)CCCCCCCCCCCCCCS(N)(=O)=O. The van der Waals surface area contributed by atoms with Crippen LogP contribution in [0.4, 0.5) is 0 Å². The van der Waals surface area contributed by atoms with E-state index in [0.29, 0.717) is 11.8 Å². The molecule has 1 atom stereocenters. The Hall–Kier alpha value is 0.200. The Morgan fingerprint density at radius 1 is 0.762 bits per heavy atom. The summed E-state index contributed by atoms with van der Waals surface area (Å²) in [7, 11) is -3.25. The quantitative estimate of drug-likeness (QED) is 0.338. The van der Waals surface area contributed by atoms with Crippen molar-refractivity contribution >= 4 is 21.6 Å². The first-order valence-corrected chi connectivity index (χ1v) is 10.7. The Kier molecular flexibility index (Phi) is 14.0. The molecule has 0 aliphatic carbocycles. The summed E-state index contributed by atoms with van der Waals surface area (Å²) in [5, 5.41) is 5.28. The van der Waals surface area contributed by atoms with Crippen molar-refractivity contribution in [1.29, 1.82) is 0 Å². The molecule has 0 saturated heterocycles. The smallest absolute Gasteiger partial charge is 0.209 e. The molecule has 0 fully saturated rings. The fourth-order valence-corrected chi connectivity index (χ4v) is 3.26. The van der Waals surface area contributed by atoms with Crippen LogP contribution in [0.3, 0.4) is 0 Å². The zero-order chi connectivity index (χ0) is 16.0. The van der Waals surface area contributed by atoms with E-state index in [-0.39, 0.29) is 5.75 Å². The van der Waals surface area contributed by atoms with Gasteiger partial charge < -0.3 is 0 Å². The second-order valence-corrected chi connectivity index (χ2v) is 8.66. The van der Waals surface area contributed by atoms with Gasteiger partial charge in [0.05, 0.1) is 5.75 Å². The fourth-order valence-electron chi connectivity index (χ4n) is 2.50. The number of hydrogen-bond donors (Lipinski definition) is 1. The molecular formula is C16H34ClNO2S. The van der Waals surface area contributed by atoms with Crippen molar-refractivity contribution in [3.05, 3.63) is 0 Å². The molecule has 0 aromatic heterocycles. The van der Waals surface area contributed by atoms with E-state index in [0.717, 1.165) is 19.3 Å². The van der Waals surface area contributed by atoms with Crippen LogP contribution in [0.1, 0.15) is 90.4 Å². The molecule has 2 N–H and O–H groups in total. The summed E-state index contributed by atoms with van der Waals surface area (Å²) in [5.74, 6) is 0.134. The van der Waals surface area contributed by atoms with Crippen LogP contribution in [0.2, 0.25) is 0 Å². The standard InChI is InChI=1S/C16H34ClNO2S/c1-16(17)14-12-10-8-6-4-2-3-5-7-9-11-13-15-21(18,19)20/h16H,2-15H2,1H3,(H2,18,19,20). The molecule has 3 nitrogen and oxygen atoms in total. The number of unbranched alkanes of at least 4 members (excludes halogenated alkanes) is 11. The summed E-state index contributed by atoms with van der Waals surface area (Å²) < 4.78 is 21.5. The average molecular weight is 340 g/mol. The summed E-state index contributed by atoms with van der Waals surface area (Å²) >= 11 is 5.91. The van der Waals surface area contributed by atoms with E-state index in [1.54, 1.807) is 0 Å². The van der Waals surface area contributed by atoms with E-state index < -0.39 is 10.0 Å². The highest BCUT2D eigenvalue weighted by molar-refractivity contribution is 7.89. The van der Waals surface area contributed by atoms with Gasteiger partial charge in [-0.2, -0.15) is 0 Å². The normalized spacial score (nSPS) is 13.5. The molecule has 0 amide bonds. The summed E-state index contributed by atoms with van der Waals surface area (Å²) in [6.45, 7) is 2.07. The van der Waals surface area contributed by atoms with Crippen LogP contribution in [0.25, 0.3) is 0 Å². The third-order valence-electron chi connectivity index (χ3n) is 3.78. The Labute approximate surface area is 137 Å². The summed E-state index contributed by atoms with van der Waals surface area (Å²) in [6.07, 6.45) is 15.7. The first kappa shape index (κ1) is 21.2. The summed E-state index contributed by atoms with van der Waals surface area (Å²) in [5.41, 5.74) is 0. The molecule has 1 unspecified atom stereocenters. The maximum Gasteiger partial charge on any atom is 0.209 e. The second-order valence-electron chi connectivity index (χ2n) is 6.18. The van der Waals surface area contributed by atoms with E-state index >= 15 is 0 Å². The van der Waals surface area contributed by atoms with Gasteiger partial charge in [-0.3, -0.25) is 0 Å². The molecule has 0 aliphatic heterocycles. The van der Waals surface area contributed by atoms with Crippen molar-refractivity contribution in [2.45, 2.75) is 95.8 Å². The number of rotatable bonds is 15. The van der Waals surface area contributed by atoms with Gasteiger partial charge in [0.15, 0.2) is 0 Å². The van der Waals surface area contributed by atoms with Gasteiger partial charge in [-0.25, -0.2) is 13.6 Å². The minimum Gasteiger partial charge on any atom is -0.229 e. The number of hydrogen-bond acceptors (Lipinski definition) is 2. The van der Waals surface area contributed by atoms with Gasteiger partial charge in [0, 0.05) is 5.38 Å². The number of alkyl halides is 1. The maximum atomic E-state index is 10.7. The first-order valence-electron chi connectivity index (χ1n) is 8.56. The molecule has 0 rings (SSSR count). The van der Waals surface area contributed by atoms with Crippen molar-refractivity contribution in [3.8, 4) is 0 Å². The lowest BCUT2D eigenvalue weighted by Crippen LogP contribution is -2.16. The van der Waals surface area contributed by atoms with Crippen LogP contribution in [-0.4, -0.2) is 19.5 Å². The van der Waals surface area contributed by atoms with Crippen molar-refractivity contribution < 1.29 is 8.42 Å². The lowest BCUT2D eigenvalue weighted by atomic mass is 10.0. The van der Waals surface area contributed by atoms with Crippen molar-refractivity contribution in [2.75, 3.05) is 5.75 Å². The number of sulfonamides is 1. The third-order valence-corrected chi connectivity index (χ3v) is 4.86. The van der Waals surface area contributed by atoms with Gasteiger partial charge in [0.2, 0.25) is 10.0 Å². The van der Waals surface area contributed by atoms with E-state index in [9.17, 15) is 8.42 Å². The molecule has 128 valence electrons. The van der Waals surface area contributed by atoms with Gasteiger partial charge in [-0.15, -0.1) is 11.6 Å². The van der Waals surface area contributed by atoms with Gasteiger partial charge in [-0.1, -0.05) is 70.6 Å². The van der Waals surface area contributed by atoms with Gasteiger partial charge in [0.1, 0.15) is 0 Å². The number of primary sulfonamides is 1. The molecule has 0 bridgehead atoms. The van der Waals surface area contributed by atoms with Gasteiger partial charge in [-0.05, 0) is 19.8 Å². The first-order chi connectivity index (χ1) is 9.92. The van der Waals surface area contributed by atoms with Crippen LogP contribution in [-0.2, 0) is 10.0 Å². The Morgan fingerprint density at radius 3 is 1.43 bits per heavy atom. The monoisotopic (exact) mass is 339 g/mol. The largest absolute Gasteiger partial charge is 0.229 e. The van der Waals surface area contributed by atoms with E-state index in [1.807, 2.05) is 0 Å². The molecule has 0 saturated carbocycles. The zero-order valence-electron chi connectivity index (χ0n) is 13.7. The maximum absolute atomic E-state index is 10.7. The molecule has 0 radical (unpaired) electrons. The lowest BCUT2D eigenvalue weighted by molar-refractivity contribution is 0.537. The van der Waals surface area contributed by atoms with E-state index in [1.165, 1.54) is 57.8 Å². The molecule has 5 heteroatoms. The Balaban J connectivity index is 3.06. The number of halogens is 1. The van der Waals surface area contributed by atoms with Crippen LogP contribution in [0.5, 0.6) is 0 Å². The van der Waals surface area contributed by atoms with Gasteiger partial charge in [0.25, 0.3) is 0 Å². The Morgan fingerprint density at radius 2 is 1.10 bits per heavy atom. The fraction of sp³-hybridized carbons (Fsp3) is 1.00. The predicted molar refractivity (Wildman–Crippen MR) is 93.3 cm³/mol.